The quantitative estimate of drug-likeness (QED) is 0.129. The lowest BCUT2D eigenvalue weighted by Gasteiger charge is -2.36. The van der Waals surface area contributed by atoms with Crippen molar-refractivity contribution in [3.63, 3.8) is 0 Å². The number of hydrogen-bond donors (Lipinski definition) is 3. The molecule has 0 bridgehead atoms. The van der Waals surface area contributed by atoms with E-state index in [-0.39, 0.29) is 25.3 Å². The van der Waals surface area contributed by atoms with E-state index in [4.69, 9.17) is 14.5 Å². The second-order valence-corrected chi connectivity index (χ2v) is 17.2. The Labute approximate surface area is 327 Å². The molecule has 13 heteroatoms. The summed E-state index contributed by atoms with van der Waals surface area (Å²) in [4.78, 5) is 86.8. The van der Waals surface area contributed by atoms with Crippen LogP contribution in [0.2, 0.25) is 0 Å². The molecule has 1 unspecified atom stereocenters. The third-order valence-electron chi connectivity index (χ3n) is 10.5. The topological polar surface area (TPSA) is 173 Å². The molecule has 1 saturated heterocycles. The maximum Gasteiger partial charge on any atom is 0.408 e. The Morgan fingerprint density at radius 3 is 2.27 bits per heavy atom. The lowest BCUT2D eigenvalue weighted by Crippen LogP contribution is -2.60. The summed E-state index contributed by atoms with van der Waals surface area (Å²) in [5.41, 5.74) is -1.61. The summed E-state index contributed by atoms with van der Waals surface area (Å²) in [5.74, 6) is -3.89. The van der Waals surface area contributed by atoms with Crippen LogP contribution in [0.1, 0.15) is 67.2 Å². The van der Waals surface area contributed by atoms with E-state index in [2.05, 4.69) is 22.5 Å². The second kappa shape index (κ2) is 15.5. The van der Waals surface area contributed by atoms with Crippen LogP contribution in [-0.2, 0) is 28.7 Å². The maximum atomic E-state index is 14.6. The molecule has 2 aliphatic carbocycles. The fraction of sp³-hybridized carbons (Fsp3) is 0.465. The Morgan fingerprint density at radius 1 is 0.982 bits per heavy atom. The SMILES string of the molecule is C=C[C@@H]1C[C@]1(NC(=O)[C@@H]1C[C@@H](Oc2nc(-c3ccccc3)cc3ccccc23)CN1C(=O)[C@@H](NC(=O)OC(C)(C)C)C(C)(C)C)C(=O)NC(=O)C(C=O)C1CC1. The molecule has 6 rings (SSSR count). The summed E-state index contributed by atoms with van der Waals surface area (Å²) in [7, 11) is 0. The van der Waals surface area contributed by atoms with E-state index in [1.807, 2.05) is 60.7 Å². The Bertz CT molecular complexity index is 2030. The minimum Gasteiger partial charge on any atom is -0.472 e. The Kier molecular flexibility index (Phi) is 11.1. The van der Waals surface area contributed by atoms with Crippen molar-refractivity contribution < 1.29 is 38.2 Å². The fourth-order valence-corrected chi connectivity index (χ4v) is 7.27. The zero-order valence-corrected chi connectivity index (χ0v) is 32.8. The van der Waals surface area contributed by atoms with Crippen molar-refractivity contribution in [2.24, 2.45) is 23.2 Å². The van der Waals surface area contributed by atoms with Gasteiger partial charge in [-0.05, 0) is 68.9 Å². The monoisotopic (exact) mass is 765 g/mol. The molecule has 296 valence electrons. The van der Waals surface area contributed by atoms with Crippen molar-refractivity contribution >= 4 is 46.8 Å². The summed E-state index contributed by atoms with van der Waals surface area (Å²) in [5, 5.41) is 9.57. The number of carbonyl (C=O) groups is 6. The number of rotatable bonds is 12. The van der Waals surface area contributed by atoms with Gasteiger partial charge in [0.05, 0.1) is 18.2 Å². The number of aromatic nitrogens is 1. The second-order valence-electron chi connectivity index (χ2n) is 17.2. The van der Waals surface area contributed by atoms with Gasteiger partial charge in [-0.25, -0.2) is 9.78 Å². The van der Waals surface area contributed by atoms with E-state index in [9.17, 15) is 28.8 Å². The van der Waals surface area contributed by atoms with Gasteiger partial charge in [-0.3, -0.25) is 24.5 Å². The van der Waals surface area contributed by atoms with Gasteiger partial charge >= 0.3 is 6.09 Å². The molecule has 2 saturated carbocycles. The smallest absolute Gasteiger partial charge is 0.408 e. The summed E-state index contributed by atoms with van der Waals surface area (Å²) in [6.07, 6.45) is 2.19. The maximum absolute atomic E-state index is 14.6. The number of amides is 5. The van der Waals surface area contributed by atoms with Crippen LogP contribution in [0.15, 0.2) is 73.3 Å². The predicted octanol–water partition coefficient (Wildman–Crippen LogP) is 5.12. The number of ether oxygens (including phenoxy) is 2. The summed E-state index contributed by atoms with van der Waals surface area (Å²) in [6, 6.07) is 17.0. The molecular formula is C43H51N5O8. The molecule has 13 nitrogen and oxygen atoms in total. The molecule has 0 spiro atoms. The Balaban J connectivity index is 1.31. The highest BCUT2D eigenvalue weighted by molar-refractivity contribution is 6.08. The molecule has 2 heterocycles. The van der Waals surface area contributed by atoms with Crippen LogP contribution < -0.4 is 20.7 Å². The number of likely N-dealkylation sites (tertiary alicyclic amines) is 1. The number of nitrogens with zero attached hydrogens (tertiary/aromatic N) is 2. The molecule has 5 amide bonds. The van der Waals surface area contributed by atoms with Crippen LogP contribution in [0.5, 0.6) is 5.88 Å². The summed E-state index contributed by atoms with van der Waals surface area (Å²) < 4.78 is 12.1. The largest absolute Gasteiger partial charge is 0.472 e. The average molecular weight is 766 g/mol. The van der Waals surface area contributed by atoms with Gasteiger partial charge in [0.2, 0.25) is 23.6 Å². The first kappa shape index (κ1) is 40.1. The van der Waals surface area contributed by atoms with Crippen molar-refractivity contribution in [3.05, 3.63) is 73.3 Å². The first-order chi connectivity index (χ1) is 26.4. The highest BCUT2D eigenvalue weighted by Crippen LogP contribution is 2.45. The molecule has 2 aromatic carbocycles. The number of fused-ring (bicyclic) bond motifs is 1. The van der Waals surface area contributed by atoms with E-state index >= 15 is 0 Å². The Morgan fingerprint density at radius 2 is 1.66 bits per heavy atom. The van der Waals surface area contributed by atoms with E-state index in [1.165, 1.54) is 11.0 Å². The van der Waals surface area contributed by atoms with Gasteiger partial charge in [0.15, 0.2) is 0 Å². The van der Waals surface area contributed by atoms with Crippen molar-refractivity contribution in [1.82, 2.24) is 25.8 Å². The van der Waals surface area contributed by atoms with Gasteiger partial charge in [0.1, 0.15) is 35.6 Å². The zero-order chi connectivity index (χ0) is 40.6. The first-order valence-corrected chi connectivity index (χ1v) is 19.1. The minimum atomic E-state index is -1.51. The lowest BCUT2D eigenvalue weighted by molar-refractivity contribution is -0.143. The summed E-state index contributed by atoms with van der Waals surface area (Å²) in [6.45, 7) is 14.3. The standard InChI is InChI=1S/C43H51N5O8/c1-8-28-22-43(28,39(53)46-35(50)31(24-49)25-18-19-25)47-36(51)33-21-29(23-48(33)38(52)34(41(2,3)4)45-40(54)56-42(5,6)7)55-37-30-17-13-12-16-27(30)20-32(44-37)26-14-10-9-11-15-26/h8-17,20,24-25,28-29,31,33-34H,1,18-19,21-23H2,2-7H3,(H,45,54)(H,47,51)(H,46,50,53)/t28-,29-,31?,33+,34-,43-/m1/s1. The van der Waals surface area contributed by atoms with Gasteiger partial charge in [0, 0.05) is 23.3 Å². The fourth-order valence-electron chi connectivity index (χ4n) is 7.27. The number of benzene rings is 2. The molecule has 1 aromatic heterocycles. The van der Waals surface area contributed by atoms with Crippen molar-refractivity contribution in [1.29, 1.82) is 0 Å². The molecule has 3 N–H and O–H groups in total. The number of aldehydes is 1. The van der Waals surface area contributed by atoms with E-state index in [1.54, 1.807) is 41.5 Å². The van der Waals surface area contributed by atoms with Crippen LogP contribution in [0, 0.1) is 23.2 Å². The van der Waals surface area contributed by atoms with E-state index < -0.39 is 76.3 Å². The van der Waals surface area contributed by atoms with Crippen molar-refractivity contribution in [2.75, 3.05) is 6.54 Å². The number of nitrogens with one attached hydrogen (secondary N) is 3. The highest BCUT2D eigenvalue weighted by atomic mass is 16.6. The highest BCUT2D eigenvalue weighted by Gasteiger charge is 2.61. The predicted molar refractivity (Wildman–Crippen MR) is 209 cm³/mol. The summed E-state index contributed by atoms with van der Waals surface area (Å²) >= 11 is 0. The average Bonchev–Trinajstić information content (AvgIpc) is 4.06. The van der Waals surface area contributed by atoms with Gasteiger partial charge in [-0.1, -0.05) is 75.4 Å². The Hall–Kier alpha value is -5.59. The van der Waals surface area contributed by atoms with Crippen LogP contribution in [0.25, 0.3) is 22.0 Å². The van der Waals surface area contributed by atoms with Gasteiger partial charge in [-0.2, -0.15) is 0 Å². The third-order valence-corrected chi connectivity index (χ3v) is 10.5. The van der Waals surface area contributed by atoms with Crippen LogP contribution >= 0.6 is 0 Å². The van der Waals surface area contributed by atoms with E-state index in [0.29, 0.717) is 17.9 Å². The third kappa shape index (κ3) is 8.77. The molecular weight excluding hydrogens is 714 g/mol. The van der Waals surface area contributed by atoms with Gasteiger partial charge < -0.3 is 29.8 Å². The first-order valence-electron chi connectivity index (χ1n) is 19.1. The van der Waals surface area contributed by atoms with Crippen LogP contribution in [0.4, 0.5) is 4.79 Å². The van der Waals surface area contributed by atoms with Crippen LogP contribution in [0.3, 0.4) is 0 Å². The number of alkyl carbamates (subject to hydrolysis) is 1. The molecule has 6 atom stereocenters. The van der Waals surface area contributed by atoms with E-state index in [0.717, 1.165) is 29.2 Å². The number of imide groups is 1. The van der Waals surface area contributed by atoms with Gasteiger partial charge in [-0.15, -0.1) is 6.58 Å². The molecule has 0 radical (unpaired) electrons. The molecule has 3 fully saturated rings. The number of pyridine rings is 1. The number of hydrogen-bond acceptors (Lipinski definition) is 9. The van der Waals surface area contributed by atoms with Gasteiger partial charge in [0.25, 0.3) is 5.91 Å². The molecule has 3 aliphatic rings. The van der Waals surface area contributed by atoms with Crippen molar-refractivity contribution in [3.8, 4) is 17.1 Å². The lowest BCUT2D eigenvalue weighted by atomic mass is 9.85. The molecule has 3 aromatic rings. The zero-order valence-electron chi connectivity index (χ0n) is 32.8. The minimum absolute atomic E-state index is 0.0245. The molecule has 56 heavy (non-hydrogen) atoms. The number of carbonyl (C=O) groups excluding carboxylic acids is 6. The normalized spacial score (nSPS) is 23.0. The van der Waals surface area contributed by atoms with Crippen molar-refractivity contribution in [2.45, 2.75) is 96.6 Å². The van der Waals surface area contributed by atoms with Crippen LogP contribution in [-0.4, -0.2) is 81.8 Å². The molecule has 1 aliphatic heterocycles.